The Balaban J connectivity index is 4.57. The van der Waals surface area contributed by atoms with Crippen molar-refractivity contribution in [3.05, 3.63) is 24.3 Å². The first kappa shape index (κ1) is 47.0. The SMILES string of the molecule is CCCCCCCCCCC/C=C/CC/C=C/C(O)C(COP(=O)([O-])OCC[N+](C)(C)C)NC(=O)CCCCCCCCCCCCC. The van der Waals surface area contributed by atoms with E-state index < -0.39 is 20.0 Å². The number of carbonyl (C=O) groups excluding carboxylic acids is 1. The van der Waals surface area contributed by atoms with Crippen molar-refractivity contribution in [1.29, 1.82) is 0 Å². The smallest absolute Gasteiger partial charge is 0.268 e. The monoisotopic (exact) mass is 701 g/mol. The van der Waals surface area contributed by atoms with E-state index in [0.29, 0.717) is 17.4 Å². The number of nitrogens with one attached hydrogen (secondary N) is 1. The number of aliphatic hydroxyl groups excluding tert-OH is 1. The van der Waals surface area contributed by atoms with E-state index in [4.69, 9.17) is 9.05 Å². The van der Waals surface area contributed by atoms with Crippen LogP contribution in [0.1, 0.15) is 168 Å². The first-order valence-corrected chi connectivity index (χ1v) is 21.2. The fourth-order valence-corrected chi connectivity index (χ4v) is 6.18. The standard InChI is InChI=1S/C39H77N2O6P/c1-6-8-10-12-14-16-18-19-20-21-23-24-26-28-30-32-38(42)37(36-47-48(44,45)46-35-34-41(3,4)5)40-39(43)33-31-29-27-25-22-17-15-13-11-9-7-2/h23-24,30,32,37-38,42H,6-22,25-29,31,33-36H2,1-5H3,(H-,40,43,44,45)/b24-23+,32-30+. The lowest BCUT2D eigenvalue weighted by Crippen LogP contribution is -2.45. The van der Waals surface area contributed by atoms with Crippen LogP contribution in [0.25, 0.3) is 0 Å². The van der Waals surface area contributed by atoms with Crippen LogP contribution < -0.4 is 10.2 Å². The molecule has 0 saturated heterocycles. The highest BCUT2D eigenvalue weighted by atomic mass is 31.2. The maximum absolute atomic E-state index is 12.7. The molecule has 0 saturated carbocycles. The molecule has 2 N–H and O–H groups in total. The molecule has 3 atom stereocenters. The molecule has 3 unspecified atom stereocenters. The lowest BCUT2D eigenvalue weighted by atomic mass is 10.0. The molecule has 0 heterocycles. The van der Waals surface area contributed by atoms with E-state index in [9.17, 15) is 19.4 Å². The summed E-state index contributed by atoms with van der Waals surface area (Å²) in [6.07, 6.45) is 35.0. The molecular weight excluding hydrogens is 623 g/mol. The molecule has 0 aliphatic carbocycles. The quantitative estimate of drug-likeness (QED) is 0.0295. The van der Waals surface area contributed by atoms with Gasteiger partial charge in [-0.15, -0.1) is 0 Å². The fourth-order valence-electron chi connectivity index (χ4n) is 5.46. The molecule has 0 aromatic rings. The van der Waals surface area contributed by atoms with Gasteiger partial charge in [0.1, 0.15) is 13.2 Å². The van der Waals surface area contributed by atoms with Crippen LogP contribution in [0.15, 0.2) is 24.3 Å². The molecule has 0 spiro atoms. The van der Waals surface area contributed by atoms with Gasteiger partial charge < -0.3 is 28.8 Å². The van der Waals surface area contributed by atoms with Crippen molar-refractivity contribution in [2.75, 3.05) is 40.9 Å². The predicted molar refractivity (Wildman–Crippen MR) is 201 cm³/mol. The summed E-state index contributed by atoms with van der Waals surface area (Å²) >= 11 is 0. The van der Waals surface area contributed by atoms with Crippen molar-refractivity contribution in [3.8, 4) is 0 Å². The Morgan fingerprint density at radius 3 is 1.69 bits per heavy atom. The predicted octanol–water partition coefficient (Wildman–Crippen LogP) is 9.55. The van der Waals surface area contributed by atoms with Gasteiger partial charge in [-0.2, -0.15) is 0 Å². The highest BCUT2D eigenvalue weighted by Crippen LogP contribution is 2.38. The molecule has 9 heteroatoms. The third-order valence-corrected chi connectivity index (χ3v) is 9.63. The summed E-state index contributed by atoms with van der Waals surface area (Å²) in [6.45, 7) is 4.59. The minimum Gasteiger partial charge on any atom is -0.756 e. The first-order chi connectivity index (χ1) is 23.0. The number of allylic oxidation sites excluding steroid dienone is 3. The molecule has 0 fully saturated rings. The van der Waals surface area contributed by atoms with E-state index in [-0.39, 0.29) is 19.1 Å². The molecular formula is C39H77N2O6P. The summed E-state index contributed by atoms with van der Waals surface area (Å²) in [5.41, 5.74) is 0. The Hall–Kier alpha value is -1.02. The van der Waals surface area contributed by atoms with Crippen molar-refractivity contribution in [2.24, 2.45) is 0 Å². The molecule has 0 aromatic carbocycles. The number of rotatable bonds is 35. The summed E-state index contributed by atoms with van der Waals surface area (Å²) < 4.78 is 23.1. The lowest BCUT2D eigenvalue weighted by molar-refractivity contribution is -0.870. The number of hydrogen-bond donors (Lipinski definition) is 2. The number of aliphatic hydroxyl groups is 1. The van der Waals surface area contributed by atoms with E-state index in [0.717, 1.165) is 38.5 Å². The van der Waals surface area contributed by atoms with E-state index in [1.165, 1.54) is 109 Å². The number of unbranched alkanes of at least 4 members (excludes halogenated alkanes) is 20. The second-order valence-corrected chi connectivity index (χ2v) is 16.0. The van der Waals surface area contributed by atoms with Crippen LogP contribution >= 0.6 is 7.82 Å². The summed E-state index contributed by atoms with van der Waals surface area (Å²) in [4.78, 5) is 25.1. The molecule has 1 amide bonds. The summed E-state index contributed by atoms with van der Waals surface area (Å²) in [5.74, 6) is -0.210. The zero-order chi connectivity index (χ0) is 35.8. The number of phosphoric acid groups is 1. The van der Waals surface area contributed by atoms with Gasteiger partial charge in [-0.05, 0) is 32.1 Å². The Labute approximate surface area is 296 Å². The second-order valence-electron chi connectivity index (χ2n) is 14.6. The first-order valence-electron chi connectivity index (χ1n) is 19.7. The number of amides is 1. The lowest BCUT2D eigenvalue weighted by Gasteiger charge is -2.29. The average Bonchev–Trinajstić information content (AvgIpc) is 3.02. The van der Waals surface area contributed by atoms with Crippen molar-refractivity contribution >= 4 is 13.7 Å². The number of quaternary nitrogens is 1. The molecule has 8 nitrogen and oxygen atoms in total. The van der Waals surface area contributed by atoms with Crippen molar-refractivity contribution in [1.82, 2.24) is 5.32 Å². The molecule has 0 aliphatic heterocycles. The maximum atomic E-state index is 12.7. The maximum Gasteiger partial charge on any atom is 0.268 e. The summed E-state index contributed by atoms with van der Waals surface area (Å²) in [5, 5.41) is 13.7. The minimum absolute atomic E-state index is 0.00470. The normalized spacial score (nSPS) is 14.9. The molecule has 0 rings (SSSR count). The summed E-state index contributed by atoms with van der Waals surface area (Å²) in [6, 6.07) is -0.895. The molecule has 0 bridgehead atoms. The van der Waals surface area contributed by atoms with Gasteiger partial charge >= 0.3 is 0 Å². The number of likely N-dealkylation sites (N-methyl/N-ethyl adjacent to an activating group) is 1. The van der Waals surface area contributed by atoms with Crippen LogP contribution in [0, 0.1) is 0 Å². The third kappa shape index (κ3) is 33.5. The number of phosphoric ester groups is 1. The van der Waals surface area contributed by atoms with Gasteiger partial charge in [0.05, 0.1) is 39.9 Å². The van der Waals surface area contributed by atoms with Crippen LogP contribution in [-0.4, -0.2) is 68.5 Å². The zero-order valence-corrected chi connectivity index (χ0v) is 32.8. The van der Waals surface area contributed by atoms with E-state index in [2.05, 4.69) is 31.3 Å². The van der Waals surface area contributed by atoms with E-state index in [1.54, 1.807) is 6.08 Å². The average molecular weight is 701 g/mol. The Bertz CT molecular complexity index is 845. The molecule has 0 radical (unpaired) electrons. The highest BCUT2D eigenvalue weighted by Gasteiger charge is 2.23. The van der Waals surface area contributed by atoms with Gasteiger partial charge in [0.2, 0.25) is 5.91 Å². The third-order valence-electron chi connectivity index (χ3n) is 8.66. The van der Waals surface area contributed by atoms with E-state index >= 15 is 0 Å². The van der Waals surface area contributed by atoms with Crippen LogP contribution in [0.5, 0.6) is 0 Å². The Morgan fingerprint density at radius 1 is 0.708 bits per heavy atom. The Kier molecular flexibility index (Phi) is 31.2. The van der Waals surface area contributed by atoms with Gasteiger partial charge in [0, 0.05) is 6.42 Å². The van der Waals surface area contributed by atoms with Gasteiger partial charge in [-0.25, -0.2) is 0 Å². The van der Waals surface area contributed by atoms with Gasteiger partial charge in [-0.3, -0.25) is 9.36 Å². The minimum atomic E-state index is -4.58. The number of carbonyl (C=O) groups is 1. The topological polar surface area (TPSA) is 108 Å². The van der Waals surface area contributed by atoms with Gasteiger partial charge in [0.15, 0.2) is 0 Å². The van der Waals surface area contributed by atoms with Crippen LogP contribution in [-0.2, 0) is 18.4 Å². The van der Waals surface area contributed by atoms with Crippen LogP contribution in [0.2, 0.25) is 0 Å². The molecule has 284 valence electrons. The van der Waals surface area contributed by atoms with Gasteiger partial charge in [0.25, 0.3) is 7.82 Å². The fraction of sp³-hybridized carbons (Fsp3) is 0.872. The molecule has 0 aliphatic rings. The second kappa shape index (κ2) is 31.9. The van der Waals surface area contributed by atoms with Crippen molar-refractivity contribution in [2.45, 2.75) is 180 Å². The zero-order valence-electron chi connectivity index (χ0n) is 31.9. The van der Waals surface area contributed by atoms with Crippen LogP contribution in [0.4, 0.5) is 0 Å². The molecule has 0 aromatic heterocycles. The van der Waals surface area contributed by atoms with Gasteiger partial charge in [-0.1, -0.05) is 154 Å². The van der Waals surface area contributed by atoms with E-state index in [1.807, 2.05) is 27.2 Å². The summed E-state index contributed by atoms with van der Waals surface area (Å²) in [7, 11) is 1.24. The largest absolute Gasteiger partial charge is 0.756 e. The molecule has 48 heavy (non-hydrogen) atoms. The number of hydrogen-bond acceptors (Lipinski definition) is 6. The number of nitrogens with zero attached hydrogens (tertiary/aromatic N) is 1. The van der Waals surface area contributed by atoms with Crippen molar-refractivity contribution < 1.29 is 32.9 Å². The van der Waals surface area contributed by atoms with Crippen molar-refractivity contribution in [3.63, 3.8) is 0 Å². The highest BCUT2D eigenvalue weighted by molar-refractivity contribution is 7.45. The van der Waals surface area contributed by atoms with Crippen LogP contribution in [0.3, 0.4) is 0 Å². The Morgan fingerprint density at radius 2 is 1.17 bits per heavy atom.